The number of carbonyl (C=O) groups is 1. The number of aryl methyl sites for hydroxylation is 1. The molecule has 3 nitrogen and oxygen atoms in total. The van der Waals surface area contributed by atoms with Crippen LogP contribution < -0.4 is 10.6 Å². The number of alkyl halides is 2. The predicted octanol–water partition coefficient (Wildman–Crippen LogP) is 2.78. The first-order chi connectivity index (χ1) is 8.47. The summed E-state index contributed by atoms with van der Waals surface area (Å²) in [6, 6.07) is 1.48. The fourth-order valence-corrected chi connectivity index (χ4v) is 1.82. The van der Waals surface area contributed by atoms with E-state index in [9.17, 15) is 18.0 Å². The van der Waals surface area contributed by atoms with Crippen molar-refractivity contribution in [3.05, 3.63) is 23.5 Å². The van der Waals surface area contributed by atoms with E-state index in [0.717, 1.165) is 0 Å². The van der Waals surface area contributed by atoms with Crippen LogP contribution in [0, 0.1) is 5.82 Å². The zero-order valence-electron chi connectivity index (χ0n) is 9.77. The van der Waals surface area contributed by atoms with Gasteiger partial charge in [-0.2, -0.15) is 0 Å². The Kier molecular flexibility index (Phi) is 3.45. The molecule has 0 bridgehead atoms. The second kappa shape index (κ2) is 4.88. The number of anilines is 2. The van der Waals surface area contributed by atoms with Crippen molar-refractivity contribution in [3.8, 4) is 0 Å². The molecule has 1 aliphatic rings. The zero-order chi connectivity index (χ0) is 13.3. The molecular weight excluding hydrogens is 245 g/mol. The van der Waals surface area contributed by atoms with Crippen molar-refractivity contribution in [1.29, 1.82) is 0 Å². The molecule has 18 heavy (non-hydrogen) atoms. The Bertz CT molecular complexity index is 477. The van der Waals surface area contributed by atoms with Crippen LogP contribution in [0.4, 0.5) is 24.5 Å². The number of fused-ring (bicyclic) bond motifs is 1. The van der Waals surface area contributed by atoms with E-state index in [1.807, 2.05) is 0 Å². The molecule has 0 spiro atoms. The van der Waals surface area contributed by atoms with Gasteiger partial charge in [0.05, 0.1) is 11.7 Å². The summed E-state index contributed by atoms with van der Waals surface area (Å²) in [7, 11) is 0. The molecule has 1 atom stereocenters. The molecular formula is C12H13F3N2O. The lowest BCUT2D eigenvalue weighted by Crippen LogP contribution is -2.25. The van der Waals surface area contributed by atoms with E-state index < -0.39 is 18.3 Å². The maximum absolute atomic E-state index is 13.7. The average molecular weight is 258 g/mol. The lowest BCUT2D eigenvalue weighted by Gasteiger charge is -2.20. The Hall–Kier alpha value is -1.72. The maximum Gasteiger partial charge on any atom is 0.258 e. The summed E-state index contributed by atoms with van der Waals surface area (Å²) in [5.41, 5.74) is 1.14. The van der Waals surface area contributed by atoms with Crippen LogP contribution in [0.3, 0.4) is 0 Å². The van der Waals surface area contributed by atoms with Gasteiger partial charge in [0.2, 0.25) is 5.91 Å². The number of nitrogens with one attached hydrogen (secondary N) is 2. The third-order valence-electron chi connectivity index (χ3n) is 2.85. The third kappa shape index (κ3) is 2.57. The fourth-order valence-electron chi connectivity index (χ4n) is 1.82. The monoisotopic (exact) mass is 258 g/mol. The molecule has 0 saturated heterocycles. The highest BCUT2D eigenvalue weighted by Crippen LogP contribution is 2.29. The molecule has 0 aliphatic carbocycles. The molecule has 1 aromatic rings. The minimum absolute atomic E-state index is 0.0243. The van der Waals surface area contributed by atoms with Gasteiger partial charge in [-0.15, -0.1) is 0 Å². The predicted molar refractivity (Wildman–Crippen MR) is 62.4 cm³/mol. The van der Waals surface area contributed by atoms with Crippen molar-refractivity contribution >= 4 is 17.3 Å². The first-order valence-electron chi connectivity index (χ1n) is 5.64. The average Bonchev–Trinajstić information content (AvgIpc) is 2.30. The molecule has 6 heteroatoms. The molecule has 1 unspecified atom stereocenters. The molecule has 1 amide bonds. The van der Waals surface area contributed by atoms with E-state index in [2.05, 4.69) is 10.6 Å². The summed E-state index contributed by atoms with van der Waals surface area (Å²) in [5, 5.41) is 5.00. The van der Waals surface area contributed by atoms with Crippen LogP contribution in [0.15, 0.2) is 12.1 Å². The van der Waals surface area contributed by atoms with Crippen LogP contribution in [-0.2, 0) is 11.2 Å². The number of hydrogen-bond acceptors (Lipinski definition) is 2. The fraction of sp³-hybridized carbons (Fsp3) is 0.417. The highest BCUT2D eigenvalue weighted by molar-refractivity contribution is 5.94. The Labute approximate surface area is 102 Å². The molecule has 0 aromatic heterocycles. The maximum atomic E-state index is 13.7. The topological polar surface area (TPSA) is 41.1 Å². The van der Waals surface area contributed by atoms with Crippen molar-refractivity contribution < 1.29 is 18.0 Å². The molecule has 0 fully saturated rings. The van der Waals surface area contributed by atoms with Crippen molar-refractivity contribution in [1.82, 2.24) is 0 Å². The minimum Gasteiger partial charge on any atom is -0.374 e. The van der Waals surface area contributed by atoms with Crippen molar-refractivity contribution in [2.45, 2.75) is 32.2 Å². The van der Waals surface area contributed by atoms with Crippen molar-refractivity contribution in [2.75, 3.05) is 10.6 Å². The Balaban J connectivity index is 2.26. The van der Waals surface area contributed by atoms with Crippen LogP contribution in [0.25, 0.3) is 0 Å². The van der Waals surface area contributed by atoms with Gasteiger partial charge in [-0.3, -0.25) is 4.79 Å². The quantitative estimate of drug-likeness (QED) is 0.875. The number of hydrogen-bond donors (Lipinski definition) is 2. The SMILES string of the molecule is CC(Nc1cc2c(cc1F)CCC(=O)N2)C(F)F. The van der Waals surface area contributed by atoms with Crippen LogP contribution in [-0.4, -0.2) is 18.4 Å². The van der Waals surface area contributed by atoms with Crippen molar-refractivity contribution in [2.24, 2.45) is 0 Å². The largest absolute Gasteiger partial charge is 0.374 e. The van der Waals surface area contributed by atoms with Crippen LogP contribution in [0.1, 0.15) is 18.9 Å². The van der Waals surface area contributed by atoms with Gasteiger partial charge in [-0.1, -0.05) is 0 Å². The number of benzene rings is 1. The first-order valence-corrected chi connectivity index (χ1v) is 5.64. The normalized spacial score (nSPS) is 16.2. The van der Waals surface area contributed by atoms with Crippen molar-refractivity contribution in [3.63, 3.8) is 0 Å². The highest BCUT2D eigenvalue weighted by Gasteiger charge is 2.20. The van der Waals surface area contributed by atoms with Gasteiger partial charge < -0.3 is 10.6 Å². The molecule has 0 saturated carbocycles. The summed E-state index contributed by atoms with van der Waals surface area (Å²) < 4.78 is 38.5. The Morgan fingerprint density at radius 1 is 1.33 bits per heavy atom. The molecule has 1 aliphatic heterocycles. The number of rotatable bonds is 3. The molecule has 1 heterocycles. The Morgan fingerprint density at radius 3 is 2.72 bits per heavy atom. The van der Waals surface area contributed by atoms with Gasteiger partial charge in [-0.05, 0) is 31.0 Å². The molecule has 98 valence electrons. The zero-order valence-corrected chi connectivity index (χ0v) is 9.77. The van der Waals surface area contributed by atoms with Gasteiger partial charge in [0, 0.05) is 12.1 Å². The minimum atomic E-state index is -2.59. The van der Waals surface area contributed by atoms with Crippen LogP contribution in [0.2, 0.25) is 0 Å². The van der Waals surface area contributed by atoms with E-state index in [1.54, 1.807) is 0 Å². The van der Waals surface area contributed by atoms with Gasteiger partial charge >= 0.3 is 0 Å². The molecule has 0 radical (unpaired) electrons. The second-order valence-corrected chi connectivity index (χ2v) is 4.30. The second-order valence-electron chi connectivity index (χ2n) is 4.30. The number of amides is 1. The van der Waals surface area contributed by atoms with Gasteiger partial charge in [0.15, 0.2) is 0 Å². The summed E-state index contributed by atoms with van der Waals surface area (Å²) in [6.45, 7) is 1.27. The summed E-state index contributed by atoms with van der Waals surface area (Å²) in [6.07, 6.45) is -1.81. The van der Waals surface area contributed by atoms with E-state index in [-0.39, 0.29) is 11.6 Å². The molecule has 1 aromatic carbocycles. The molecule has 2 rings (SSSR count). The third-order valence-corrected chi connectivity index (χ3v) is 2.85. The van der Waals surface area contributed by atoms with Crippen LogP contribution >= 0.6 is 0 Å². The van der Waals surface area contributed by atoms with Crippen LogP contribution in [0.5, 0.6) is 0 Å². The summed E-state index contributed by atoms with van der Waals surface area (Å²) in [5.74, 6) is -0.737. The van der Waals surface area contributed by atoms with E-state index in [4.69, 9.17) is 0 Å². The van der Waals surface area contributed by atoms with Gasteiger partial charge in [-0.25, -0.2) is 13.2 Å². The molecule has 2 N–H and O–H groups in total. The van der Waals surface area contributed by atoms with E-state index in [0.29, 0.717) is 24.1 Å². The smallest absolute Gasteiger partial charge is 0.258 e. The number of halogens is 3. The summed E-state index contributed by atoms with van der Waals surface area (Å²) in [4.78, 5) is 11.2. The number of carbonyl (C=O) groups excluding carboxylic acids is 1. The Morgan fingerprint density at radius 2 is 2.06 bits per heavy atom. The van der Waals surface area contributed by atoms with Gasteiger partial charge in [0.25, 0.3) is 6.43 Å². The van der Waals surface area contributed by atoms with Gasteiger partial charge in [0.1, 0.15) is 5.82 Å². The summed E-state index contributed by atoms with van der Waals surface area (Å²) >= 11 is 0. The standard InChI is InChI=1S/C12H13F3N2O/c1-6(12(14)15)16-10-5-9-7(4-8(10)13)2-3-11(18)17-9/h4-6,12,16H,2-3H2,1H3,(H,17,18). The lowest BCUT2D eigenvalue weighted by molar-refractivity contribution is -0.116. The first kappa shape index (κ1) is 12.7. The highest BCUT2D eigenvalue weighted by atomic mass is 19.3. The lowest BCUT2D eigenvalue weighted by atomic mass is 10.0. The van der Waals surface area contributed by atoms with E-state index in [1.165, 1.54) is 19.1 Å². The van der Waals surface area contributed by atoms with E-state index >= 15 is 0 Å².